The van der Waals surface area contributed by atoms with Crippen LogP contribution in [0.3, 0.4) is 0 Å². The summed E-state index contributed by atoms with van der Waals surface area (Å²) in [6.07, 6.45) is 0. The Kier molecular flexibility index (Phi) is 6.43. The fourth-order valence-electron chi connectivity index (χ4n) is 6.41. The first kappa shape index (κ1) is 27.0. The highest BCUT2D eigenvalue weighted by Crippen LogP contribution is 2.42. The van der Waals surface area contributed by atoms with E-state index < -0.39 is 0 Å². The van der Waals surface area contributed by atoms with Gasteiger partial charge in [0.05, 0.1) is 28.0 Å². The van der Waals surface area contributed by atoms with Gasteiger partial charge < -0.3 is 4.42 Å². The maximum Gasteiger partial charge on any atom is 0.160 e. The molecule has 0 spiro atoms. The van der Waals surface area contributed by atoms with Gasteiger partial charge in [0.25, 0.3) is 0 Å². The van der Waals surface area contributed by atoms with E-state index in [0.29, 0.717) is 5.82 Å². The lowest BCUT2D eigenvalue weighted by Crippen LogP contribution is -1.96. The van der Waals surface area contributed by atoms with Gasteiger partial charge in [-0.2, -0.15) is 0 Å². The minimum atomic E-state index is 0.697. The SMILES string of the molecule is c1ccc(-c2cc(-c3ccc(-c4nc5c(-c6ccccc6)cccc5c5oc6ccccc6c45)cc3)nc(-c3ccccc3)n2)cc1. The summed E-state index contributed by atoms with van der Waals surface area (Å²) in [5, 5.41) is 3.07. The molecule has 0 aliphatic heterocycles. The van der Waals surface area contributed by atoms with Gasteiger partial charge in [-0.25, -0.2) is 15.0 Å². The number of furan rings is 1. The van der Waals surface area contributed by atoms with Crippen molar-refractivity contribution in [2.24, 2.45) is 0 Å². The lowest BCUT2D eigenvalue weighted by atomic mass is 9.97. The minimum absolute atomic E-state index is 0.697. The summed E-state index contributed by atoms with van der Waals surface area (Å²) >= 11 is 0. The number of benzene rings is 6. The molecule has 0 bridgehead atoms. The van der Waals surface area contributed by atoms with Crippen molar-refractivity contribution in [1.82, 2.24) is 15.0 Å². The van der Waals surface area contributed by atoms with Crippen LogP contribution in [0.15, 0.2) is 168 Å². The van der Waals surface area contributed by atoms with E-state index in [9.17, 15) is 0 Å². The second-order valence-corrected chi connectivity index (χ2v) is 11.6. The minimum Gasteiger partial charge on any atom is -0.455 e. The van der Waals surface area contributed by atoms with Crippen LogP contribution < -0.4 is 0 Å². The third kappa shape index (κ3) is 4.75. The number of nitrogens with zero attached hydrogens (tertiary/aromatic N) is 3. The highest BCUT2D eigenvalue weighted by atomic mass is 16.3. The zero-order chi connectivity index (χ0) is 31.2. The van der Waals surface area contributed by atoms with Gasteiger partial charge in [-0.3, -0.25) is 0 Å². The Morgan fingerprint density at radius 2 is 0.957 bits per heavy atom. The first-order valence-electron chi connectivity index (χ1n) is 15.7. The van der Waals surface area contributed by atoms with Gasteiger partial charge in [0.2, 0.25) is 0 Å². The first-order chi connectivity index (χ1) is 23.3. The van der Waals surface area contributed by atoms with E-state index in [1.807, 2.05) is 66.7 Å². The van der Waals surface area contributed by atoms with Gasteiger partial charge in [0, 0.05) is 38.6 Å². The second-order valence-electron chi connectivity index (χ2n) is 11.6. The predicted octanol–water partition coefficient (Wildman–Crippen LogP) is 11.3. The highest BCUT2D eigenvalue weighted by molar-refractivity contribution is 6.20. The molecule has 0 unspecified atom stereocenters. The van der Waals surface area contributed by atoms with Gasteiger partial charge in [-0.15, -0.1) is 0 Å². The summed E-state index contributed by atoms with van der Waals surface area (Å²) in [6.45, 7) is 0. The summed E-state index contributed by atoms with van der Waals surface area (Å²) in [5.41, 5.74) is 11.5. The van der Waals surface area contributed by atoms with Crippen molar-refractivity contribution >= 4 is 32.8 Å². The number of para-hydroxylation sites is 2. The molecule has 47 heavy (non-hydrogen) atoms. The first-order valence-corrected chi connectivity index (χ1v) is 15.7. The fraction of sp³-hybridized carbons (Fsp3) is 0. The van der Waals surface area contributed by atoms with Gasteiger partial charge in [0.15, 0.2) is 5.82 Å². The van der Waals surface area contributed by atoms with Gasteiger partial charge in [-0.1, -0.05) is 146 Å². The molecular weight excluding hydrogens is 574 g/mol. The molecule has 220 valence electrons. The molecule has 0 N–H and O–H groups in total. The van der Waals surface area contributed by atoms with E-state index in [-0.39, 0.29) is 0 Å². The van der Waals surface area contributed by atoms with Crippen LogP contribution in [0.1, 0.15) is 0 Å². The lowest BCUT2D eigenvalue weighted by Gasteiger charge is -2.12. The molecule has 3 aromatic heterocycles. The van der Waals surface area contributed by atoms with Crippen LogP contribution in [0.4, 0.5) is 0 Å². The number of pyridine rings is 1. The molecular formula is C43H27N3O. The molecule has 0 radical (unpaired) electrons. The Balaban J connectivity index is 1.23. The normalized spacial score (nSPS) is 11.4. The lowest BCUT2D eigenvalue weighted by molar-refractivity contribution is 0.672. The summed E-state index contributed by atoms with van der Waals surface area (Å²) in [4.78, 5) is 15.4. The number of aromatic nitrogens is 3. The number of rotatable bonds is 5. The van der Waals surface area contributed by atoms with Crippen LogP contribution in [0, 0.1) is 0 Å². The fourth-order valence-corrected chi connectivity index (χ4v) is 6.41. The molecule has 0 amide bonds. The van der Waals surface area contributed by atoms with Crippen molar-refractivity contribution in [1.29, 1.82) is 0 Å². The van der Waals surface area contributed by atoms with Gasteiger partial charge in [0.1, 0.15) is 11.2 Å². The average molecular weight is 602 g/mol. The smallest absolute Gasteiger partial charge is 0.160 e. The number of hydrogen-bond donors (Lipinski definition) is 0. The molecule has 9 aromatic rings. The molecule has 0 aliphatic carbocycles. The van der Waals surface area contributed by atoms with Crippen LogP contribution in [0.25, 0.3) is 89.1 Å². The molecule has 9 rings (SSSR count). The van der Waals surface area contributed by atoms with E-state index in [0.717, 1.165) is 83.3 Å². The molecule has 4 nitrogen and oxygen atoms in total. The maximum atomic E-state index is 6.57. The van der Waals surface area contributed by atoms with Crippen molar-refractivity contribution in [2.75, 3.05) is 0 Å². The quantitative estimate of drug-likeness (QED) is 0.197. The molecule has 0 fully saturated rings. The van der Waals surface area contributed by atoms with Crippen LogP contribution >= 0.6 is 0 Å². The van der Waals surface area contributed by atoms with Crippen LogP contribution in [-0.2, 0) is 0 Å². The van der Waals surface area contributed by atoms with Gasteiger partial charge in [-0.05, 0) is 23.8 Å². The largest absolute Gasteiger partial charge is 0.455 e. The van der Waals surface area contributed by atoms with E-state index in [2.05, 4.69) is 97.1 Å². The topological polar surface area (TPSA) is 51.8 Å². The summed E-state index contributed by atoms with van der Waals surface area (Å²) in [5.74, 6) is 0.697. The zero-order valence-electron chi connectivity index (χ0n) is 25.3. The maximum absolute atomic E-state index is 6.57. The van der Waals surface area contributed by atoms with E-state index in [1.165, 1.54) is 0 Å². The Bertz CT molecular complexity index is 2480. The van der Waals surface area contributed by atoms with Crippen molar-refractivity contribution in [2.45, 2.75) is 0 Å². The van der Waals surface area contributed by atoms with Crippen molar-refractivity contribution in [3.8, 4) is 56.3 Å². The number of fused-ring (bicyclic) bond motifs is 5. The van der Waals surface area contributed by atoms with Crippen molar-refractivity contribution in [3.63, 3.8) is 0 Å². The molecule has 0 aliphatic rings. The van der Waals surface area contributed by atoms with Gasteiger partial charge >= 0.3 is 0 Å². The van der Waals surface area contributed by atoms with Crippen LogP contribution in [0.2, 0.25) is 0 Å². The summed E-state index contributed by atoms with van der Waals surface area (Å²) in [7, 11) is 0. The van der Waals surface area contributed by atoms with E-state index in [4.69, 9.17) is 19.4 Å². The molecule has 0 atom stereocenters. The van der Waals surface area contributed by atoms with Crippen molar-refractivity contribution < 1.29 is 4.42 Å². The molecule has 4 heteroatoms. The Morgan fingerprint density at radius 1 is 0.404 bits per heavy atom. The van der Waals surface area contributed by atoms with Crippen molar-refractivity contribution in [3.05, 3.63) is 164 Å². The summed E-state index contributed by atoms with van der Waals surface area (Å²) in [6, 6.07) is 56.0. The molecule has 0 saturated heterocycles. The third-order valence-corrected chi connectivity index (χ3v) is 8.70. The Hall–Kier alpha value is -6.39. The Labute approximate surface area is 271 Å². The average Bonchev–Trinajstić information content (AvgIpc) is 3.55. The van der Waals surface area contributed by atoms with E-state index >= 15 is 0 Å². The number of hydrogen-bond acceptors (Lipinski definition) is 4. The summed E-state index contributed by atoms with van der Waals surface area (Å²) < 4.78 is 6.57. The standard InChI is InChI=1S/C43H27N3O/c1-4-13-28(14-5-1)33-20-12-21-35-41(33)46-40(39-34-19-10-11-22-38(34)47-42(35)39)31-25-23-30(24-26-31)37-27-36(29-15-6-2-7-16-29)44-43(45-37)32-17-8-3-9-18-32/h1-27H. The highest BCUT2D eigenvalue weighted by Gasteiger charge is 2.20. The van der Waals surface area contributed by atoms with Crippen LogP contribution in [-0.4, -0.2) is 15.0 Å². The monoisotopic (exact) mass is 601 g/mol. The zero-order valence-corrected chi connectivity index (χ0v) is 25.3. The molecule has 3 heterocycles. The predicted molar refractivity (Wildman–Crippen MR) is 192 cm³/mol. The second kappa shape index (κ2) is 11.2. The van der Waals surface area contributed by atoms with E-state index in [1.54, 1.807) is 0 Å². The third-order valence-electron chi connectivity index (χ3n) is 8.70. The van der Waals surface area contributed by atoms with Crippen LogP contribution in [0.5, 0.6) is 0 Å². The molecule has 0 saturated carbocycles. The molecule has 6 aromatic carbocycles. The Morgan fingerprint density at radius 3 is 1.66 bits per heavy atom.